The molecule has 0 radical (unpaired) electrons. The average molecular weight is 811 g/mol. The van der Waals surface area contributed by atoms with Crippen LogP contribution in [0, 0.1) is 11.8 Å². The van der Waals surface area contributed by atoms with Crippen LogP contribution in [0.2, 0.25) is 0 Å². The predicted molar refractivity (Wildman–Crippen MR) is 272 cm³/mol. The van der Waals surface area contributed by atoms with Crippen molar-refractivity contribution in [1.82, 2.24) is 0 Å². The van der Waals surface area contributed by atoms with Crippen molar-refractivity contribution >= 4 is 60.2 Å². The van der Waals surface area contributed by atoms with Crippen molar-refractivity contribution in [3.8, 4) is 44.5 Å². The molecule has 2 unspecified atom stereocenters. The van der Waals surface area contributed by atoms with E-state index < -0.39 is 0 Å². The van der Waals surface area contributed by atoms with Crippen LogP contribution in [0.5, 0.6) is 0 Å². The smallest absolute Gasteiger partial charge is 0.0212 e. The van der Waals surface area contributed by atoms with Gasteiger partial charge in [-0.2, -0.15) is 0 Å². The van der Waals surface area contributed by atoms with E-state index in [1.54, 1.807) is 0 Å². The molecule has 14 rings (SSSR count). The summed E-state index contributed by atoms with van der Waals surface area (Å²) in [7, 11) is 0. The number of hydrogen-bond acceptors (Lipinski definition) is 0. The molecule has 64 heavy (non-hydrogen) atoms. The largest absolute Gasteiger partial charge is 0.0842 e. The van der Waals surface area contributed by atoms with Gasteiger partial charge in [-0.1, -0.05) is 206 Å². The SMILES string of the molecule is C1=CCCC(c2ccccc2-c2c3c(c(-c4ccccc4)c4cc5ccccc5cc24)C2=CC=C4c5c(c(-c6ccccc6)c6ccccc6c5-c5ccccc5)C5=CC=C3C2C45)=C1. The fourth-order valence-electron chi connectivity index (χ4n) is 12.4. The molecule has 5 aliphatic carbocycles. The fourth-order valence-corrected chi connectivity index (χ4v) is 12.4. The zero-order valence-electron chi connectivity index (χ0n) is 35.4. The van der Waals surface area contributed by atoms with E-state index in [4.69, 9.17) is 0 Å². The van der Waals surface area contributed by atoms with Crippen molar-refractivity contribution < 1.29 is 0 Å². The summed E-state index contributed by atoms with van der Waals surface area (Å²) in [5, 5.41) is 7.78. The van der Waals surface area contributed by atoms with Crippen LogP contribution in [-0.2, 0) is 0 Å². The first-order chi connectivity index (χ1) is 31.8. The Bertz CT molecular complexity index is 3680. The van der Waals surface area contributed by atoms with Crippen molar-refractivity contribution in [2.45, 2.75) is 12.8 Å². The summed E-state index contributed by atoms with van der Waals surface area (Å²) in [6.07, 6.45) is 19.1. The number of fused-ring (bicyclic) bond motifs is 9. The highest BCUT2D eigenvalue weighted by atomic mass is 14.5. The Kier molecular flexibility index (Phi) is 7.74. The Morgan fingerprint density at radius 3 is 1.17 bits per heavy atom. The lowest BCUT2D eigenvalue weighted by atomic mass is 9.71. The molecule has 298 valence electrons. The first kappa shape index (κ1) is 35.8. The fraction of sp³-hybridized carbons (Fsp3) is 0.0625. The van der Waals surface area contributed by atoms with E-state index in [0.717, 1.165) is 12.8 Å². The van der Waals surface area contributed by atoms with Crippen LogP contribution in [0.15, 0.2) is 218 Å². The lowest BCUT2D eigenvalue weighted by Gasteiger charge is -2.31. The minimum atomic E-state index is 0.161. The molecule has 9 aromatic carbocycles. The second-order valence-electron chi connectivity index (χ2n) is 18.0. The third-order valence-electron chi connectivity index (χ3n) is 14.8. The van der Waals surface area contributed by atoms with E-state index >= 15 is 0 Å². The van der Waals surface area contributed by atoms with E-state index in [0.29, 0.717) is 0 Å². The average Bonchev–Trinajstić information content (AvgIpc) is 3.87. The molecular formula is C64H42. The van der Waals surface area contributed by atoms with Crippen LogP contribution in [0.4, 0.5) is 0 Å². The topological polar surface area (TPSA) is 0 Å². The maximum Gasteiger partial charge on any atom is 0.0212 e. The maximum atomic E-state index is 2.54. The van der Waals surface area contributed by atoms with Crippen molar-refractivity contribution in [3.05, 3.63) is 246 Å². The molecule has 0 amide bonds. The molecule has 0 heterocycles. The molecule has 0 nitrogen and oxygen atoms in total. The Hall–Kier alpha value is -7.80. The third kappa shape index (κ3) is 5.00. The molecule has 0 fully saturated rings. The zero-order chi connectivity index (χ0) is 41.9. The van der Waals surface area contributed by atoms with Gasteiger partial charge in [-0.15, -0.1) is 0 Å². The van der Waals surface area contributed by atoms with Gasteiger partial charge in [0.25, 0.3) is 0 Å². The second-order valence-corrected chi connectivity index (χ2v) is 18.0. The highest BCUT2D eigenvalue weighted by Gasteiger charge is 2.51. The van der Waals surface area contributed by atoms with Gasteiger partial charge in [-0.05, 0) is 157 Å². The summed E-state index contributed by atoms with van der Waals surface area (Å²) in [6, 6.07) is 65.9. The highest BCUT2D eigenvalue weighted by molar-refractivity contribution is 6.25. The van der Waals surface area contributed by atoms with Gasteiger partial charge in [0, 0.05) is 11.8 Å². The van der Waals surface area contributed by atoms with E-state index in [1.165, 1.54) is 133 Å². The van der Waals surface area contributed by atoms with Gasteiger partial charge in [-0.25, -0.2) is 0 Å². The monoisotopic (exact) mass is 810 g/mol. The van der Waals surface area contributed by atoms with Crippen LogP contribution in [0.1, 0.15) is 40.7 Å². The van der Waals surface area contributed by atoms with E-state index in [1.807, 2.05) is 0 Å². The molecule has 9 aromatic rings. The Labute approximate surface area is 373 Å². The molecule has 0 heteroatoms. The van der Waals surface area contributed by atoms with E-state index in [-0.39, 0.29) is 11.8 Å². The quantitative estimate of drug-likeness (QED) is 0.152. The highest BCUT2D eigenvalue weighted by Crippen LogP contribution is 2.68. The number of benzene rings is 9. The molecule has 2 atom stereocenters. The first-order valence-corrected chi connectivity index (χ1v) is 22.9. The summed E-state index contributed by atoms with van der Waals surface area (Å²) < 4.78 is 0. The summed E-state index contributed by atoms with van der Waals surface area (Å²) >= 11 is 0. The van der Waals surface area contributed by atoms with Gasteiger partial charge in [0.05, 0.1) is 0 Å². The van der Waals surface area contributed by atoms with Gasteiger partial charge >= 0.3 is 0 Å². The van der Waals surface area contributed by atoms with Gasteiger partial charge in [0.2, 0.25) is 0 Å². The van der Waals surface area contributed by atoms with Gasteiger partial charge in [-0.3, -0.25) is 0 Å². The lowest BCUT2D eigenvalue weighted by molar-refractivity contribution is 0.759. The van der Waals surface area contributed by atoms with Crippen LogP contribution in [0.3, 0.4) is 0 Å². The minimum absolute atomic E-state index is 0.161. The van der Waals surface area contributed by atoms with Crippen LogP contribution in [0.25, 0.3) is 105 Å². The van der Waals surface area contributed by atoms with Crippen molar-refractivity contribution in [3.63, 3.8) is 0 Å². The molecule has 0 aromatic heterocycles. The Balaban J connectivity index is 1.14. The van der Waals surface area contributed by atoms with Crippen LogP contribution >= 0.6 is 0 Å². The Morgan fingerprint density at radius 2 is 0.703 bits per heavy atom. The Morgan fingerprint density at radius 1 is 0.312 bits per heavy atom. The van der Waals surface area contributed by atoms with Crippen LogP contribution in [-0.4, -0.2) is 0 Å². The van der Waals surface area contributed by atoms with Gasteiger partial charge < -0.3 is 0 Å². The summed E-state index contributed by atoms with van der Waals surface area (Å²) in [4.78, 5) is 0. The van der Waals surface area contributed by atoms with E-state index in [2.05, 4.69) is 218 Å². The molecule has 0 aliphatic heterocycles. The van der Waals surface area contributed by atoms with E-state index in [9.17, 15) is 0 Å². The number of allylic oxidation sites excluding steroid dienone is 12. The van der Waals surface area contributed by atoms with Crippen molar-refractivity contribution in [2.24, 2.45) is 11.8 Å². The van der Waals surface area contributed by atoms with Crippen molar-refractivity contribution in [1.29, 1.82) is 0 Å². The molecule has 5 aliphatic rings. The zero-order valence-corrected chi connectivity index (χ0v) is 35.4. The standard InChI is InChI=1S/C64H42/c1-5-19-39(20-6-1)45-29-15-16-30-46(45)58-54-38-44-28-14-13-27-43(44)37-53(54)57(42-25-11-4-12-26-42)63-51-34-33-49-59-50(35-36-52(60(51)59)64(58)63)62-56(41-23-9-3-10-24-41)48-32-18-17-31-47(48)55(61(49)62)40-21-7-2-8-22-40/h1-5,7-19,21-38,59-60H,6,20H2. The molecule has 0 spiro atoms. The molecule has 0 N–H and O–H groups in total. The van der Waals surface area contributed by atoms with Crippen molar-refractivity contribution in [2.75, 3.05) is 0 Å². The lowest BCUT2D eigenvalue weighted by Crippen LogP contribution is -2.18. The summed E-state index contributed by atoms with van der Waals surface area (Å²) in [5.41, 5.74) is 24.6. The van der Waals surface area contributed by atoms with Gasteiger partial charge in [0.15, 0.2) is 0 Å². The normalized spacial score (nSPS) is 17.7. The second kappa shape index (κ2) is 13.9. The molecule has 0 saturated carbocycles. The summed E-state index contributed by atoms with van der Waals surface area (Å²) in [6.45, 7) is 0. The van der Waals surface area contributed by atoms with Crippen LogP contribution < -0.4 is 0 Å². The minimum Gasteiger partial charge on any atom is -0.0842 e. The molecule has 0 bridgehead atoms. The molecule has 0 saturated heterocycles. The third-order valence-corrected chi connectivity index (χ3v) is 14.8. The van der Waals surface area contributed by atoms with Gasteiger partial charge in [0.1, 0.15) is 0 Å². The molecular weight excluding hydrogens is 769 g/mol. The first-order valence-electron chi connectivity index (χ1n) is 22.9. The summed E-state index contributed by atoms with van der Waals surface area (Å²) in [5.74, 6) is 0.332. The predicted octanol–water partition coefficient (Wildman–Crippen LogP) is 17.1. The maximum absolute atomic E-state index is 2.54. The number of rotatable bonds is 5. The number of hydrogen-bond donors (Lipinski definition) is 0.